The smallest absolute Gasteiger partial charge is 0.305 e. The lowest BCUT2D eigenvalue weighted by Gasteiger charge is -1.93. The van der Waals surface area contributed by atoms with Crippen molar-refractivity contribution in [3.8, 4) is 0 Å². The van der Waals surface area contributed by atoms with E-state index in [0.29, 0.717) is 12.2 Å². The second kappa shape index (κ2) is 20.0. The Morgan fingerprint density at radius 3 is 1.62 bits per heavy atom. The molecule has 1 aromatic rings. The molecule has 0 unspecified atom stereocenters. The van der Waals surface area contributed by atoms with Gasteiger partial charge >= 0.3 is 5.97 Å². The van der Waals surface area contributed by atoms with Crippen LogP contribution in [0.1, 0.15) is 71.9 Å². The van der Waals surface area contributed by atoms with Gasteiger partial charge in [0.05, 0.1) is 7.11 Å². The van der Waals surface area contributed by atoms with E-state index >= 15 is 0 Å². The highest BCUT2D eigenvalue weighted by molar-refractivity contribution is 7.90. The van der Waals surface area contributed by atoms with E-state index in [1.54, 1.807) is 18.1 Å². The van der Waals surface area contributed by atoms with E-state index in [2.05, 4.69) is 29.0 Å². The first-order valence-corrected chi connectivity index (χ1v) is 11.7. The summed E-state index contributed by atoms with van der Waals surface area (Å²) in [4.78, 5) is 9.96. The quantitative estimate of drug-likeness (QED) is 0.665. The van der Waals surface area contributed by atoms with Gasteiger partial charge in [0, 0.05) is 18.4 Å². The Kier molecular flexibility index (Phi) is 22.6. The number of ether oxygens (including phenoxy) is 1. The maximum absolute atomic E-state index is 10.2. The van der Waals surface area contributed by atoms with E-state index in [9.17, 15) is 13.2 Å². The van der Waals surface area contributed by atoms with Gasteiger partial charge in [-0.05, 0) is 36.8 Å². The van der Waals surface area contributed by atoms with E-state index in [1.807, 2.05) is 34.6 Å². The minimum absolute atomic E-state index is 0.157. The minimum Gasteiger partial charge on any atom is -0.469 e. The number of esters is 1. The predicted molar refractivity (Wildman–Crippen MR) is 113 cm³/mol. The number of fused-ring (bicyclic) bond motifs is 1. The van der Waals surface area contributed by atoms with Gasteiger partial charge in [-0.3, -0.25) is 4.79 Å². The Hall–Kier alpha value is -1.36. The van der Waals surface area contributed by atoms with E-state index in [0.717, 1.165) is 6.42 Å². The summed E-state index contributed by atoms with van der Waals surface area (Å²) in [7, 11) is -1.29. The molecule has 0 spiro atoms. The van der Waals surface area contributed by atoms with Crippen molar-refractivity contribution in [2.24, 2.45) is 0 Å². The average molecular weight is 389 g/mol. The molecule has 1 aromatic carbocycles. The fraction of sp³-hybridized carbons (Fsp3) is 0.667. The molecule has 0 N–H and O–H groups in total. The van der Waals surface area contributed by atoms with Crippen molar-refractivity contribution in [1.29, 1.82) is 0 Å². The predicted octanol–water partition coefficient (Wildman–Crippen LogP) is 5.24. The SMILES string of the molecule is CC.CC.CCC(=O)OC.CCCS(C)(=O)=O.c1ccc2c(c1)CCC2. The average Bonchev–Trinajstić information content (AvgIpc) is 3.13. The Balaban J connectivity index is -0.000000285. The standard InChI is InChI=1S/C9H10.C4H10O2S.C4H8O2.2C2H6/c1-2-5-9-7-3-6-8(9)4-1;1-3-4-7(2,5)6;1-3-4(5)6-2;2*1-2/h1-2,4-5H,3,6-7H2;3-4H2,1-2H3;3H2,1-2H3;2*1-2H3. The Bertz CT molecular complexity index is 508. The summed E-state index contributed by atoms with van der Waals surface area (Å²) in [6.07, 6.45) is 6.40. The van der Waals surface area contributed by atoms with Crippen LogP contribution in [0.25, 0.3) is 0 Å². The number of hydrogen-bond donors (Lipinski definition) is 0. The first kappa shape index (κ1) is 29.4. The molecule has 5 heteroatoms. The Morgan fingerprint density at radius 2 is 1.42 bits per heavy atom. The van der Waals surface area contributed by atoms with Gasteiger partial charge in [0.25, 0.3) is 0 Å². The number of rotatable bonds is 3. The first-order chi connectivity index (χ1) is 12.3. The number of carbonyl (C=O) groups is 1. The van der Waals surface area contributed by atoms with E-state index in [4.69, 9.17) is 0 Å². The third-order valence-corrected chi connectivity index (χ3v) is 4.25. The molecule has 0 fully saturated rings. The lowest BCUT2D eigenvalue weighted by atomic mass is 10.1. The third-order valence-electron chi connectivity index (χ3n) is 3.10. The van der Waals surface area contributed by atoms with Crippen molar-refractivity contribution in [2.75, 3.05) is 19.1 Å². The molecular formula is C21H40O4S. The number of benzene rings is 1. The van der Waals surface area contributed by atoms with Crippen LogP contribution in [0.4, 0.5) is 0 Å². The lowest BCUT2D eigenvalue weighted by molar-refractivity contribution is -0.140. The zero-order valence-electron chi connectivity index (χ0n) is 18.1. The topological polar surface area (TPSA) is 60.4 Å². The molecule has 0 saturated carbocycles. The number of carbonyl (C=O) groups excluding carboxylic acids is 1. The maximum Gasteiger partial charge on any atom is 0.305 e. The van der Waals surface area contributed by atoms with Crippen molar-refractivity contribution in [2.45, 2.75) is 73.6 Å². The van der Waals surface area contributed by atoms with Crippen molar-refractivity contribution < 1.29 is 17.9 Å². The summed E-state index contributed by atoms with van der Waals surface area (Å²) in [6.45, 7) is 11.6. The molecule has 0 aliphatic heterocycles. The zero-order chi connectivity index (χ0) is 21.0. The van der Waals surface area contributed by atoms with Crippen LogP contribution in [-0.4, -0.2) is 33.5 Å². The number of methoxy groups -OCH3 is 1. The molecule has 26 heavy (non-hydrogen) atoms. The van der Waals surface area contributed by atoms with Gasteiger partial charge in [-0.2, -0.15) is 0 Å². The van der Waals surface area contributed by atoms with Gasteiger partial charge in [-0.15, -0.1) is 0 Å². The molecule has 0 amide bonds. The van der Waals surface area contributed by atoms with E-state index in [-0.39, 0.29) is 5.97 Å². The van der Waals surface area contributed by atoms with Crippen LogP contribution >= 0.6 is 0 Å². The van der Waals surface area contributed by atoms with Crippen LogP contribution in [0.2, 0.25) is 0 Å². The van der Waals surface area contributed by atoms with Crippen LogP contribution in [0.5, 0.6) is 0 Å². The van der Waals surface area contributed by atoms with Crippen LogP contribution in [0.3, 0.4) is 0 Å². The summed E-state index contributed by atoms with van der Waals surface area (Å²) in [6, 6.07) is 8.74. The largest absolute Gasteiger partial charge is 0.469 e. The van der Waals surface area contributed by atoms with Crippen LogP contribution in [0.15, 0.2) is 24.3 Å². The number of aryl methyl sites for hydroxylation is 2. The van der Waals surface area contributed by atoms with Crippen LogP contribution in [0, 0.1) is 0 Å². The number of hydrogen-bond acceptors (Lipinski definition) is 4. The molecular weight excluding hydrogens is 348 g/mol. The summed E-state index contributed by atoms with van der Waals surface area (Å²) in [5, 5.41) is 0. The fourth-order valence-electron chi connectivity index (χ4n) is 2.03. The molecule has 0 saturated heterocycles. The molecule has 0 aromatic heterocycles. The van der Waals surface area contributed by atoms with Gasteiger partial charge in [-0.1, -0.05) is 65.8 Å². The highest BCUT2D eigenvalue weighted by Crippen LogP contribution is 2.20. The molecule has 0 bridgehead atoms. The van der Waals surface area contributed by atoms with Crippen LogP contribution < -0.4 is 0 Å². The van der Waals surface area contributed by atoms with Gasteiger partial charge in [0.15, 0.2) is 0 Å². The van der Waals surface area contributed by atoms with Crippen molar-refractivity contribution in [3.05, 3.63) is 35.4 Å². The maximum atomic E-state index is 10.2. The molecule has 2 rings (SSSR count). The van der Waals surface area contributed by atoms with Crippen molar-refractivity contribution in [3.63, 3.8) is 0 Å². The van der Waals surface area contributed by atoms with Gasteiger partial charge in [0.1, 0.15) is 9.84 Å². The summed E-state index contributed by atoms with van der Waals surface area (Å²) < 4.78 is 24.7. The second-order valence-corrected chi connectivity index (χ2v) is 7.44. The van der Waals surface area contributed by atoms with Crippen molar-refractivity contribution in [1.82, 2.24) is 0 Å². The van der Waals surface area contributed by atoms with Crippen LogP contribution in [-0.2, 0) is 32.2 Å². The molecule has 0 heterocycles. The van der Waals surface area contributed by atoms with Gasteiger partial charge in [0.2, 0.25) is 0 Å². The first-order valence-electron chi connectivity index (χ1n) is 9.65. The highest BCUT2D eigenvalue weighted by atomic mass is 32.2. The highest BCUT2D eigenvalue weighted by Gasteiger charge is 2.07. The Labute approximate surface area is 162 Å². The third kappa shape index (κ3) is 19.0. The molecule has 4 nitrogen and oxygen atoms in total. The van der Waals surface area contributed by atoms with E-state index in [1.165, 1.54) is 32.6 Å². The Morgan fingerprint density at radius 1 is 1.00 bits per heavy atom. The minimum atomic E-state index is -2.67. The molecule has 1 aliphatic carbocycles. The molecule has 0 radical (unpaired) electrons. The second-order valence-electron chi connectivity index (χ2n) is 5.18. The molecule has 154 valence electrons. The summed E-state index contributed by atoms with van der Waals surface area (Å²) in [5.74, 6) is 0.155. The lowest BCUT2D eigenvalue weighted by Crippen LogP contribution is -2.00. The summed E-state index contributed by atoms with van der Waals surface area (Å²) in [5.41, 5.74) is 3.13. The van der Waals surface area contributed by atoms with E-state index < -0.39 is 9.84 Å². The fourth-order valence-corrected chi connectivity index (χ4v) is 2.77. The number of sulfone groups is 1. The van der Waals surface area contributed by atoms with Crippen molar-refractivity contribution >= 4 is 15.8 Å². The van der Waals surface area contributed by atoms with Gasteiger partial charge < -0.3 is 4.74 Å². The summed E-state index contributed by atoms with van der Waals surface area (Å²) >= 11 is 0. The normalized spacial score (nSPS) is 10.8. The zero-order valence-corrected chi connectivity index (χ0v) is 18.9. The monoisotopic (exact) mass is 388 g/mol. The molecule has 0 atom stereocenters. The molecule has 1 aliphatic rings. The van der Waals surface area contributed by atoms with Gasteiger partial charge in [-0.25, -0.2) is 8.42 Å².